The van der Waals surface area contributed by atoms with Gasteiger partial charge in [0.15, 0.2) is 0 Å². The van der Waals surface area contributed by atoms with E-state index in [2.05, 4.69) is 25.0 Å². The molecule has 1 saturated heterocycles. The summed E-state index contributed by atoms with van der Waals surface area (Å²) >= 11 is 0. The summed E-state index contributed by atoms with van der Waals surface area (Å²) in [6.07, 6.45) is 2.39. The Labute approximate surface area is 141 Å². The average Bonchev–Trinajstić information content (AvgIpc) is 3.37. The normalized spacial score (nSPS) is 19.5. The van der Waals surface area contributed by atoms with Gasteiger partial charge < -0.3 is 9.15 Å². The molecular weight excluding hydrogens is 306 g/mol. The summed E-state index contributed by atoms with van der Waals surface area (Å²) in [4.78, 5) is 9.28. The predicted molar refractivity (Wildman–Crippen MR) is 87.6 cm³/mol. The van der Waals surface area contributed by atoms with Gasteiger partial charge in [-0.15, -0.1) is 10.2 Å². The Morgan fingerprint density at radius 1 is 1.08 bits per heavy atom. The number of piperazine rings is 1. The van der Waals surface area contributed by atoms with Crippen molar-refractivity contribution in [3.05, 3.63) is 35.7 Å². The van der Waals surface area contributed by atoms with Gasteiger partial charge in [0.05, 0.1) is 19.3 Å². The van der Waals surface area contributed by atoms with E-state index in [4.69, 9.17) is 9.15 Å². The van der Waals surface area contributed by atoms with Crippen LogP contribution in [0.1, 0.15) is 36.2 Å². The van der Waals surface area contributed by atoms with Crippen molar-refractivity contribution in [3.63, 3.8) is 0 Å². The van der Waals surface area contributed by atoms with Gasteiger partial charge in [0, 0.05) is 44.7 Å². The Bertz CT molecular complexity index is 677. The molecule has 0 atom stereocenters. The molecule has 4 rings (SSSR count). The Kier molecular flexibility index (Phi) is 4.44. The number of ether oxygens (including phenoxy) is 1. The van der Waals surface area contributed by atoms with Gasteiger partial charge >= 0.3 is 0 Å². The third kappa shape index (κ3) is 3.73. The number of aromatic nitrogens is 3. The van der Waals surface area contributed by atoms with Gasteiger partial charge in [-0.25, -0.2) is 4.98 Å². The summed E-state index contributed by atoms with van der Waals surface area (Å²) in [5.41, 5.74) is 1.05. The molecule has 0 bridgehead atoms. The monoisotopic (exact) mass is 329 g/mol. The molecule has 24 heavy (non-hydrogen) atoms. The van der Waals surface area contributed by atoms with Crippen molar-refractivity contribution in [2.45, 2.75) is 31.8 Å². The summed E-state index contributed by atoms with van der Waals surface area (Å²) in [6.45, 7) is 5.66. The minimum atomic E-state index is 0.526. The van der Waals surface area contributed by atoms with Crippen LogP contribution in [0.3, 0.4) is 0 Å². The second kappa shape index (κ2) is 6.86. The fourth-order valence-corrected chi connectivity index (χ4v) is 3.01. The number of methoxy groups -OCH3 is 1. The number of pyridine rings is 1. The average molecular weight is 329 g/mol. The summed E-state index contributed by atoms with van der Waals surface area (Å²) in [7, 11) is 1.65. The Hall–Kier alpha value is -1.99. The van der Waals surface area contributed by atoms with Crippen LogP contribution in [0.5, 0.6) is 5.88 Å². The minimum Gasteiger partial charge on any atom is -0.481 e. The highest BCUT2D eigenvalue weighted by molar-refractivity contribution is 5.15. The van der Waals surface area contributed by atoms with E-state index in [-0.39, 0.29) is 0 Å². The van der Waals surface area contributed by atoms with Gasteiger partial charge in [-0.3, -0.25) is 9.80 Å². The first-order chi connectivity index (χ1) is 11.8. The zero-order valence-corrected chi connectivity index (χ0v) is 14.0. The van der Waals surface area contributed by atoms with E-state index in [1.54, 1.807) is 7.11 Å². The Balaban J connectivity index is 1.26. The molecule has 2 aliphatic rings. The molecule has 0 aromatic carbocycles. The molecule has 3 heterocycles. The molecule has 7 nitrogen and oxygen atoms in total. The molecule has 7 heteroatoms. The molecule has 128 valence electrons. The molecule has 1 saturated carbocycles. The van der Waals surface area contributed by atoms with Gasteiger partial charge in [-0.2, -0.15) is 0 Å². The van der Waals surface area contributed by atoms with Gasteiger partial charge in [0.2, 0.25) is 17.7 Å². The Morgan fingerprint density at radius 3 is 2.54 bits per heavy atom. The standard InChI is InChI=1S/C17H23N5O2/c1-23-15-4-2-3-14(18-15)11-21-7-9-22(10-8-21)12-16-19-20-17(24-16)13-5-6-13/h2-4,13H,5-12H2,1H3. The lowest BCUT2D eigenvalue weighted by molar-refractivity contribution is 0.113. The van der Waals surface area contributed by atoms with Crippen LogP contribution < -0.4 is 4.74 Å². The molecule has 1 aliphatic heterocycles. The van der Waals surface area contributed by atoms with Crippen molar-refractivity contribution < 1.29 is 9.15 Å². The van der Waals surface area contributed by atoms with Crippen molar-refractivity contribution >= 4 is 0 Å². The molecule has 0 N–H and O–H groups in total. The lowest BCUT2D eigenvalue weighted by Crippen LogP contribution is -2.45. The van der Waals surface area contributed by atoms with Crippen LogP contribution in [-0.4, -0.2) is 58.3 Å². The van der Waals surface area contributed by atoms with Crippen LogP contribution in [-0.2, 0) is 13.1 Å². The first-order valence-electron chi connectivity index (χ1n) is 8.57. The van der Waals surface area contributed by atoms with E-state index in [9.17, 15) is 0 Å². The fourth-order valence-electron chi connectivity index (χ4n) is 3.01. The zero-order valence-electron chi connectivity index (χ0n) is 14.0. The van der Waals surface area contributed by atoms with Crippen molar-refractivity contribution in [2.75, 3.05) is 33.3 Å². The SMILES string of the molecule is COc1cccc(CN2CCN(Cc3nnc(C4CC4)o3)CC2)n1. The molecular formula is C17H23N5O2. The van der Waals surface area contributed by atoms with E-state index in [0.717, 1.165) is 56.7 Å². The topological polar surface area (TPSA) is 67.5 Å². The zero-order chi connectivity index (χ0) is 16.4. The second-order valence-corrected chi connectivity index (χ2v) is 6.53. The summed E-state index contributed by atoms with van der Waals surface area (Å²) in [5, 5.41) is 8.34. The molecule has 2 aromatic rings. The number of rotatable bonds is 6. The first-order valence-corrected chi connectivity index (χ1v) is 8.57. The predicted octanol–water partition coefficient (Wildman–Crippen LogP) is 1.67. The summed E-state index contributed by atoms with van der Waals surface area (Å²) < 4.78 is 10.9. The third-order valence-corrected chi connectivity index (χ3v) is 4.61. The van der Waals surface area contributed by atoms with E-state index in [0.29, 0.717) is 11.8 Å². The van der Waals surface area contributed by atoms with Gasteiger partial charge in [0.1, 0.15) is 0 Å². The maximum atomic E-state index is 5.76. The third-order valence-electron chi connectivity index (χ3n) is 4.61. The number of hydrogen-bond donors (Lipinski definition) is 0. The molecule has 2 aromatic heterocycles. The van der Waals surface area contributed by atoms with Crippen LogP contribution in [0.2, 0.25) is 0 Å². The summed E-state index contributed by atoms with van der Waals surface area (Å²) in [5.74, 6) is 2.78. The van der Waals surface area contributed by atoms with E-state index in [1.807, 2.05) is 18.2 Å². The molecule has 2 fully saturated rings. The van der Waals surface area contributed by atoms with E-state index >= 15 is 0 Å². The number of nitrogens with zero attached hydrogens (tertiary/aromatic N) is 5. The fraction of sp³-hybridized carbons (Fsp3) is 0.588. The maximum Gasteiger partial charge on any atom is 0.230 e. The smallest absolute Gasteiger partial charge is 0.230 e. The molecule has 1 aliphatic carbocycles. The number of hydrogen-bond acceptors (Lipinski definition) is 7. The largest absolute Gasteiger partial charge is 0.481 e. The van der Waals surface area contributed by atoms with Crippen LogP contribution in [0, 0.1) is 0 Å². The van der Waals surface area contributed by atoms with Crippen LogP contribution in [0.25, 0.3) is 0 Å². The summed E-state index contributed by atoms with van der Waals surface area (Å²) in [6, 6.07) is 5.92. The lowest BCUT2D eigenvalue weighted by Gasteiger charge is -2.33. The van der Waals surface area contributed by atoms with Gasteiger partial charge in [0.25, 0.3) is 0 Å². The van der Waals surface area contributed by atoms with Gasteiger partial charge in [-0.05, 0) is 18.9 Å². The first kappa shape index (κ1) is 15.5. The maximum absolute atomic E-state index is 5.76. The van der Waals surface area contributed by atoms with Crippen molar-refractivity contribution in [3.8, 4) is 5.88 Å². The highest BCUT2D eigenvalue weighted by atomic mass is 16.5. The molecule has 0 unspecified atom stereocenters. The van der Waals surface area contributed by atoms with E-state index in [1.165, 1.54) is 12.8 Å². The quantitative estimate of drug-likeness (QED) is 0.798. The molecule has 0 spiro atoms. The molecule has 0 radical (unpaired) electrons. The van der Waals surface area contributed by atoms with Crippen LogP contribution >= 0.6 is 0 Å². The van der Waals surface area contributed by atoms with Crippen LogP contribution in [0.15, 0.2) is 22.6 Å². The second-order valence-electron chi connectivity index (χ2n) is 6.53. The highest BCUT2D eigenvalue weighted by Gasteiger charge is 2.29. The van der Waals surface area contributed by atoms with Crippen molar-refractivity contribution in [1.29, 1.82) is 0 Å². The highest BCUT2D eigenvalue weighted by Crippen LogP contribution is 2.39. The lowest BCUT2D eigenvalue weighted by atomic mass is 10.2. The minimum absolute atomic E-state index is 0.526. The van der Waals surface area contributed by atoms with Gasteiger partial charge in [-0.1, -0.05) is 6.07 Å². The van der Waals surface area contributed by atoms with Crippen molar-refractivity contribution in [1.82, 2.24) is 25.0 Å². The molecule has 0 amide bonds. The Morgan fingerprint density at radius 2 is 1.83 bits per heavy atom. The van der Waals surface area contributed by atoms with E-state index < -0.39 is 0 Å². The van der Waals surface area contributed by atoms with Crippen molar-refractivity contribution in [2.24, 2.45) is 0 Å². The van der Waals surface area contributed by atoms with Crippen LogP contribution in [0.4, 0.5) is 0 Å².